The predicted molar refractivity (Wildman–Crippen MR) is 68.0 cm³/mol. The molecule has 0 aliphatic heterocycles. The van der Waals surface area contributed by atoms with Gasteiger partial charge in [-0.3, -0.25) is 9.55 Å². The van der Waals surface area contributed by atoms with Gasteiger partial charge in [-0.05, 0) is 12.0 Å². The normalized spacial score (nSPS) is 12.9. The molecular formula is C13H17FN4. The molecule has 0 amide bonds. The molecule has 0 bridgehead atoms. The zero-order chi connectivity index (χ0) is 13.1. The highest BCUT2D eigenvalue weighted by Crippen LogP contribution is 2.26. The average molecular weight is 248 g/mol. The third-order valence-electron chi connectivity index (χ3n) is 3.12. The molecule has 2 N–H and O–H groups in total. The summed E-state index contributed by atoms with van der Waals surface area (Å²) in [5, 5.41) is 0. The van der Waals surface area contributed by atoms with Gasteiger partial charge in [0.2, 0.25) is 0 Å². The summed E-state index contributed by atoms with van der Waals surface area (Å²) in [6.45, 7) is 4.70. The van der Waals surface area contributed by atoms with Crippen LogP contribution in [0.4, 0.5) is 4.39 Å². The molecule has 0 spiro atoms. The van der Waals surface area contributed by atoms with Gasteiger partial charge >= 0.3 is 0 Å². The molecule has 0 saturated carbocycles. The molecule has 5 heteroatoms. The van der Waals surface area contributed by atoms with E-state index in [1.807, 2.05) is 0 Å². The number of pyridine rings is 1. The summed E-state index contributed by atoms with van der Waals surface area (Å²) in [4.78, 5) is 7.86. The Morgan fingerprint density at radius 2 is 2.11 bits per heavy atom. The molecule has 0 aromatic carbocycles. The lowest BCUT2D eigenvalue weighted by Gasteiger charge is -2.20. The average Bonchev–Trinajstić information content (AvgIpc) is 2.79. The van der Waals surface area contributed by atoms with Crippen LogP contribution in [0, 0.1) is 11.7 Å². The van der Waals surface area contributed by atoms with Crippen molar-refractivity contribution < 1.29 is 4.39 Å². The van der Waals surface area contributed by atoms with Crippen LogP contribution in [0.25, 0.3) is 5.69 Å². The van der Waals surface area contributed by atoms with E-state index in [4.69, 9.17) is 5.73 Å². The van der Waals surface area contributed by atoms with E-state index >= 15 is 0 Å². The number of imidazole rings is 1. The first-order chi connectivity index (χ1) is 8.65. The fourth-order valence-electron chi connectivity index (χ4n) is 2.08. The maximum Gasteiger partial charge on any atom is 0.165 e. The highest BCUT2D eigenvalue weighted by Gasteiger charge is 2.20. The molecule has 0 aliphatic rings. The van der Waals surface area contributed by atoms with E-state index in [-0.39, 0.29) is 11.7 Å². The number of hydrogen-bond acceptors (Lipinski definition) is 3. The number of nitrogens with two attached hydrogens (primary N) is 1. The van der Waals surface area contributed by atoms with Gasteiger partial charge in [0.25, 0.3) is 0 Å². The summed E-state index contributed by atoms with van der Waals surface area (Å²) in [6, 6.07) is 1.63. The summed E-state index contributed by atoms with van der Waals surface area (Å²) in [7, 11) is 0. The number of halogens is 1. The first-order valence-corrected chi connectivity index (χ1v) is 5.97. The van der Waals surface area contributed by atoms with Crippen molar-refractivity contribution in [3.05, 3.63) is 42.5 Å². The Kier molecular flexibility index (Phi) is 3.72. The van der Waals surface area contributed by atoms with E-state index in [0.29, 0.717) is 18.2 Å². The predicted octanol–water partition coefficient (Wildman–Crippen LogP) is 2.10. The number of rotatable bonds is 4. The van der Waals surface area contributed by atoms with E-state index in [1.54, 1.807) is 29.4 Å². The van der Waals surface area contributed by atoms with Crippen LogP contribution in [0.5, 0.6) is 0 Å². The molecule has 1 atom stereocenters. The minimum absolute atomic E-state index is 0.153. The van der Waals surface area contributed by atoms with Gasteiger partial charge in [-0.15, -0.1) is 0 Å². The Bertz CT molecular complexity index is 521. The van der Waals surface area contributed by atoms with Crippen LogP contribution < -0.4 is 5.73 Å². The summed E-state index contributed by atoms with van der Waals surface area (Å²) in [5.74, 6) is 0.159. The van der Waals surface area contributed by atoms with E-state index < -0.39 is 0 Å². The van der Waals surface area contributed by atoms with Crippen molar-refractivity contribution in [2.24, 2.45) is 11.7 Å². The standard InChI is InChI=1S/C13H17FN4/c1-9(2)10(5-15)13-7-17-8-18(13)12-3-4-16-6-11(12)14/h3-4,6-10H,5,15H2,1-2H3. The van der Waals surface area contributed by atoms with Crippen molar-refractivity contribution in [2.75, 3.05) is 6.54 Å². The van der Waals surface area contributed by atoms with Crippen LogP contribution >= 0.6 is 0 Å². The molecule has 2 aromatic heterocycles. The van der Waals surface area contributed by atoms with Gasteiger partial charge in [0.15, 0.2) is 5.82 Å². The Balaban J connectivity index is 2.48. The SMILES string of the molecule is CC(C)C(CN)c1cncn1-c1ccncc1F. The minimum atomic E-state index is -0.365. The van der Waals surface area contributed by atoms with Crippen LogP contribution in [-0.2, 0) is 0 Å². The van der Waals surface area contributed by atoms with Crippen LogP contribution in [0.15, 0.2) is 31.0 Å². The Labute approximate surface area is 106 Å². The van der Waals surface area contributed by atoms with E-state index in [1.165, 1.54) is 6.20 Å². The Hall–Kier alpha value is -1.75. The second kappa shape index (κ2) is 5.27. The third kappa shape index (κ3) is 2.26. The molecule has 1 unspecified atom stereocenters. The lowest BCUT2D eigenvalue weighted by atomic mass is 9.93. The van der Waals surface area contributed by atoms with Gasteiger partial charge < -0.3 is 5.73 Å². The maximum absolute atomic E-state index is 13.8. The van der Waals surface area contributed by atoms with Crippen LogP contribution in [-0.4, -0.2) is 21.1 Å². The van der Waals surface area contributed by atoms with E-state index in [2.05, 4.69) is 23.8 Å². The maximum atomic E-state index is 13.8. The monoisotopic (exact) mass is 248 g/mol. The zero-order valence-corrected chi connectivity index (χ0v) is 10.5. The van der Waals surface area contributed by atoms with Crippen LogP contribution in [0.3, 0.4) is 0 Å². The summed E-state index contributed by atoms with van der Waals surface area (Å²) >= 11 is 0. The Morgan fingerprint density at radius 3 is 2.72 bits per heavy atom. The van der Waals surface area contributed by atoms with Gasteiger partial charge in [0.1, 0.15) is 0 Å². The quantitative estimate of drug-likeness (QED) is 0.901. The Morgan fingerprint density at radius 1 is 1.33 bits per heavy atom. The molecule has 2 heterocycles. The first kappa shape index (κ1) is 12.7. The fraction of sp³-hybridized carbons (Fsp3) is 0.385. The fourth-order valence-corrected chi connectivity index (χ4v) is 2.08. The third-order valence-corrected chi connectivity index (χ3v) is 3.12. The number of nitrogens with zero attached hydrogens (tertiary/aromatic N) is 3. The molecule has 0 aliphatic carbocycles. The van der Waals surface area contributed by atoms with Crippen molar-refractivity contribution in [1.82, 2.24) is 14.5 Å². The first-order valence-electron chi connectivity index (χ1n) is 5.97. The van der Waals surface area contributed by atoms with E-state index in [0.717, 1.165) is 5.69 Å². The molecule has 96 valence electrons. The topological polar surface area (TPSA) is 56.7 Å². The van der Waals surface area contributed by atoms with Crippen LogP contribution in [0.2, 0.25) is 0 Å². The van der Waals surface area contributed by atoms with Crippen molar-refractivity contribution in [3.63, 3.8) is 0 Å². The van der Waals surface area contributed by atoms with Gasteiger partial charge in [-0.2, -0.15) is 0 Å². The lowest BCUT2D eigenvalue weighted by Crippen LogP contribution is -2.20. The van der Waals surface area contributed by atoms with Gasteiger partial charge in [-0.25, -0.2) is 9.37 Å². The second-order valence-electron chi connectivity index (χ2n) is 4.60. The lowest BCUT2D eigenvalue weighted by molar-refractivity contribution is 0.487. The molecule has 0 radical (unpaired) electrons. The highest BCUT2D eigenvalue weighted by molar-refractivity contribution is 5.34. The highest BCUT2D eigenvalue weighted by atomic mass is 19.1. The van der Waals surface area contributed by atoms with Crippen molar-refractivity contribution in [2.45, 2.75) is 19.8 Å². The molecule has 4 nitrogen and oxygen atoms in total. The summed E-state index contributed by atoms with van der Waals surface area (Å²) in [5.41, 5.74) is 7.19. The number of aromatic nitrogens is 3. The molecule has 18 heavy (non-hydrogen) atoms. The number of hydrogen-bond donors (Lipinski definition) is 1. The van der Waals surface area contributed by atoms with Crippen molar-refractivity contribution in [1.29, 1.82) is 0 Å². The molecule has 2 rings (SSSR count). The molecule has 0 fully saturated rings. The summed E-state index contributed by atoms with van der Waals surface area (Å²) in [6.07, 6.45) is 6.12. The molecule has 2 aromatic rings. The van der Waals surface area contributed by atoms with Crippen LogP contribution in [0.1, 0.15) is 25.5 Å². The molecular weight excluding hydrogens is 231 g/mol. The zero-order valence-electron chi connectivity index (χ0n) is 10.5. The van der Waals surface area contributed by atoms with E-state index in [9.17, 15) is 4.39 Å². The minimum Gasteiger partial charge on any atom is -0.330 e. The van der Waals surface area contributed by atoms with Gasteiger partial charge in [0.05, 0.1) is 18.2 Å². The molecule has 0 saturated heterocycles. The van der Waals surface area contributed by atoms with Crippen molar-refractivity contribution in [3.8, 4) is 5.69 Å². The largest absolute Gasteiger partial charge is 0.330 e. The van der Waals surface area contributed by atoms with Crippen molar-refractivity contribution >= 4 is 0 Å². The smallest absolute Gasteiger partial charge is 0.165 e. The second-order valence-corrected chi connectivity index (χ2v) is 4.60. The summed E-state index contributed by atoms with van der Waals surface area (Å²) < 4.78 is 15.5. The van der Waals surface area contributed by atoms with Gasteiger partial charge in [0, 0.05) is 30.6 Å². The van der Waals surface area contributed by atoms with Gasteiger partial charge in [-0.1, -0.05) is 13.8 Å².